The summed E-state index contributed by atoms with van der Waals surface area (Å²) in [6, 6.07) is 1.52. The molecule has 4 heteroatoms. The molecule has 0 aliphatic rings. The van der Waals surface area contributed by atoms with Crippen molar-refractivity contribution in [3.63, 3.8) is 0 Å². The largest absolute Gasteiger partial charge is 0.504 e. The third kappa shape index (κ3) is 2.01. The molecular formula is C9H11Cl2NO. The van der Waals surface area contributed by atoms with E-state index in [0.29, 0.717) is 5.02 Å². The van der Waals surface area contributed by atoms with E-state index in [1.165, 1.54) is 6.07 Å². The molecule has 0 saturated carbocycles. The van der Waals surface area contributed by atoms with E-state index < -0.39 is 0 Å². The van der Waals surface area contributed by atoms with Gasteiger partial charge >= 0.3 is 0 Å². The van der Waals surface area contributed by atoms with Crippen LogP contribution in [0.5, 0.6) is 5.75 Å². The van der Waals surface area contributed by atoms with Gasteiger partial charge in [0, 0.05) is 5.02 Å². The molecule has 0 heterocycles. The molecule has 13 heavy (non-hydrogen) atoms. The fourth-order valence-electron chi connectivity index (χ4n) is 1.15. The first-order valence-electron chi connectivity index (χ1n) is 4.03. The Balaban J connectivity index is 3.26. The van der Waals surface area contributed by atoms with Crippen molar-refractivity contribution in [1.82, 2.24) is 0 Å². The normalized spacial score (nSPS) is 10.4. The molecule has 1 aromatic carbocycles. The van der Waals surface area contributed by atoms with E-state index in [0.717, 1.165) is 18.4 Å². The van der Waals surface area contributed by atoms with Crippen LogP contribution in [-0.2, 0) is 6.42 Å². The fourth-order valence-corrected chi connectivity index (χ4v) is 1.81. The predicted octanol–water partition coefficient (Wildman–Crippen LogP) is 3.23. The van der Waals surface area contributed by atoms with Crippen molar-refractivity contribution >= 4 is 28.9 Å². The van der Waals surface area contributed by atoms with Gasteiger partial charge in [0.05, 0.1) is 10.7 Å². The van der Waals surface area contributed by atoms with Gasteiger partial charge in [-0.2, -0.15) is 0 Å². The molecule has 0 amide bonds. The first kappa shape index (κ1) is 10.5. The molecule has 0 aliphatic carbocycles. The van der Waals surface area contributed by atoms with E-state index in [1.54, 1.807) is 0 Å². The Morgan fingerprint density at radius 2 is 2.08 bits per heavy atom. The molecule has 1 aromatic rings. The van der Waals surface area contributed by atoms with E-state index in [9.17, 15) is 5.11 Å². The number of nitrogen functional groups attached to an aromatic ring is 1. The number of rotatable bonds is 2. The van der Waals surface area contributed by atoms with E-state index in [1.807, 2.05) is 6.92 Å². The number of hydrogen-bond donors (Lipinski definition) is 2. The van der Waals surface area contributed by atoms with Gasteiger partial charge in [-0.05, 0) is 18.1 Å². The lowest BCUT2D eigenvalue weighted by molar-refractivity contribution is 0.477. The Morgan fingerprint density at radius 3 is 2.62 bits per heavy atom. The second-order valence-electron chi connectivity index (χ2n) is 2.84. The molecule has 0 spiro atoms. The van der Waals surface area contributed by atoms with Crippen LogP contribution in [0.25, 0.3) is 0 Å². The summed E-state index contributed by atoms with van der Waals surface area (Å²) in [6.45, 7) is 2.01. The molecule has 0 bridgehead atoms. The molecule has 72 valence electrons. The number of hydrogen-bond acceptors (Lipinski definition) is 2. The third-order valence-electron chi connectivity index (χ3n) is 1.82. The zero-order valence-electron chi connectivity index (χ0n) is 7.27. The zero-order valence-corrected chi connectivity index (χ0v) is 8.78. The second kappa shape index (κ2) is 4.07. The van der Waals surface area contributed by atoms with Crippen molar-refractivity contribution in [3.05, 3.63) is 21.7 Å². The number of phenolic OH excluding ortho intramolecular Hbond substituents is 1. The summed E-state index contributed by atoms with van der Waals surface area (Å²) in [6.07, 6.45) is 1.66. The highest BCUT2D eigenvalue weighted by Crippen LogP contribution is 2.38. The van der Waals surface area contributed by atoms with Crippen LogP contribution in [0, 0.1) is 0 Å². The van der Waals surface area contributed by atoms with Crippen molar-refractivity contribution in [2.24, 2.45) is 0 Å². The van der Waals surface area contributed by atoms with Gasteiger partial charge in [0.1, 0.15) is 0 Å². The molecule has 3 N–H and O–H groups in total. The Kier molecular flexibility index (Phi) is 3.28. The van der Waals surface area contributed by atoms with Gasteiger partial charge in [-0.25, -0.2) is 0 Å². The van der Waals surface area contributed by atoms with Crippen LogP contribution >= 0.6 is 23.2 Å². The summed E-state index contributed by atoms with van der Waals surface area (Å²) in [5, 5.41) is 10.2. The predicted molar refractivity (Wildman–Crippen MR) is 56.5 cm³/mol. The van der Waals surface area contributed by atoms with Crippen molar-refractivity contribution < 1.29 is 5.11 Å². The number of nitrogens with two attached hydrogens (primary N) is 1. The van der Waals surface area contributed by atoms with Crippen LogP contribution < -0.4 is 5.73 Å². The zero-order chi connectivity index (χ0) is 10.0. The van der Waals surface area contributed by atoms with Crippen LogP contribution in [-0.4, -0.2) is 5.11 Å². The van der Waals surface area contributed by atoms with E-state index >= 15 is 0 Å². The maximum absolute atomic E-state index is 9.42. The molecule has 0 unspecified atom stereocenters. The maximum atomic E-state index is 9.42. The number of halogens is 2. The van der Waals surface area contributed by atoms with Gasteiger partial charge in [0.2, 0.25) is 0 Å². The standard InChI is InChI=1S/C9H11Cl2NO/c1-2-3-5-6(10)4-7(12)9(13)8(5)11/h4,13H,2-3,12H2,1H3. The van der Waals surface area contributed by atoms with Gasteiger partial charge in [-0.3, -0.25) is 0 Å². The summed E-state index contributed by atoms with van der Waals surface area (Å²) < 4.78 is 0. The summed E-state index contributed by atoms with van der Waals surface area (Å²) in [7, 11) is 0. The van der Waals surface area contributed by atoms with E-state index in [2.05, 4.69) is 0 Å². The summed E-state index contributed by atoms with van der Waals surface area (Å²) in [4.78, 5) is 0. The highest BCUT2D eigenvalue weighted by atomic mass is 35.5. The first-order valence-corrected chi connectivity index (χ1v) is 4.78. The minimum Gasteiger partial charge on any atom is -0.504 e. The molecular weight excluding hydrogens is 209 g/mol. The van der Waals surface area contributed by atoms with Gasteiger partial charge in [-0.1, -0.05) is 36.5 Å². The monoisotopic (exact) mass is 219 g/mol. The molecule has 1 rings (SSSR count). The maximum Gasteiger partial charge on any atom is 0.157 e. The number of anilines is 1. The van der Waals surface area contributed by atoms with Gasteiger partial charge in [0.15, 0.2) is 5.75 Å². The lowest BCUT2D eigenvalue weighted by Crippen LogP contribution is -1.92. The number of phenols is 1. The van der Waals surface area contributed by atoms with Crippen molar-refractivity contribution in [3.8, 4) is 5.75 Å². The van der Waals surface area contributed by atoms with Crippen LogP contribution in [0.1, 0.15) is 18.9 Å². The van der Waals surface area contributed by atoms with Crippen molar-refractivity contribution in [2.45, 2.75) is 19.8 Å². The van der Waals surface area contributed by atoms with E-state index in [4.69, 9.17) is 28.9 Å². The highest BCUT2D eigenvalue weighted by molar-refractivity contribution is 6.37. The molecule has 0 atom stereocenters. The average molecular weight is 220 g/mol. The van der Waals surface area contributed by atoms with Crippen molar-refractivity contribution in [2.75, 3.05) is 5.73 Å². The fraction of sp³-hybridized carbons (Fsp3) is 0.333. The lowest BCUT2D eigenvalue weighted by Gasteiger charge is -2.09. The van der Waals surface area contributed by atoms with Crippen molar-refractivity contribution in [1.29, 1.82) is 0 Å². The van der Waals surface area contributed by atoms with Gasteiger partial charge in [0.25, 0.3) is 0 Å². The molecule has 0 fully saturated rings. The first-order chi connectivity index (χ1) is 6.07. The molecule has 0 aromatic heterocycles. The smallest absolute Gasteiger partial charge is 0.157 e. The Bertz CT molecular complexity index is 326. The average Bonchev–Trinajstić information content (AvgIpc) is 2.09. The second-order valence-corrected chi connectivity index (χ2v) is 3.62. The number of aromatic hydroxyl groups is 1. The highest BCUT2D eigenvalue weighted by Gasteiger charge is 2.12. The van der Waals surface area contributed by atoms with Crippen LogP contribution in [0.3, 0.4) is 0 Å². The number of benzene rings is 1. The molecule has 0 aliphatic heterocycles. The molecule has 2 nitrogen and oxygen atoms in total. The Labute approximate surface area is 87.3 Å². The topological polar surface area (TPSA) is 46.2 Å². The van der Waals surface area contributed by atoms with Gasteiger partial charge < -0.3 is 10.8 Å². The minimum atomic E-state index is -0.0745. The SMILES string of the molecule is CCCc1c(Cl)cc(N)c(O)c1Cl. The van der Waals surface area contributed by atoms with Gasteiger partial charge in [-0.15, -0.1) is 0 Å². The summed E-state index contributed by atoms with van der Waals surface area (Å²) >= 11 is 11.8. The van der Waals surface area contributed by atoms with Crippen LogP contribution in [0.15, 0.2) is 6.07 Å². The summed E-state index contributed by atoms with van der Waals surface area (Å²) in [5.41, 5.74) is 6.45. The third-order valence-corrected chi connectivity index (χ3v) is 2.56. The van der Waals surface area contributed by atoms with Crippen LogP contribution in [0.4, 0.5) is 5.69 Å². The Morgan fingerprint density at radius 1 is 1.46 bits per heavy atom. The quantitative estimate of drug-likeness (QED) is 0.593. The van der Waals surface area contributed by atoms with Crippen LogP contribution in [0.2, 0.25) is 10.0 Å². The Hall–Kier alpha value is -0.600. The molecule has 0 saturated heterocycles. The molecule has 0 radical (unpaired) electrons. The lowest BCUT2D eigenvalue weighted by atomic mass is 10.1. The minimum absolute atomic E-state index is 0.0745. The summed E-state index contributed by atoms with van der Waals surface area (Å²) in [5.74, 6) is -0.0745. The van der Waals surface area contributed by atoms with E-state index in [-0.39, 0.29) is 16.5 Å².